The maximum Gasteiger partial charge on any atom is 0.321 e. The molecule has 1 aliphatic rings. The van der Waals surface area contributed by atoms with Crippen LogP contribution < -0.4 is 10.2 Å². The molecule has 102 valence electrons. The molecule has 1 aliphatic carbocycles. The van der Waals surface area contributed by atoms with E-state index in [-0.39, 0.29) is 12.6 Å². The fourth-order valence-electron chi connectivity index (χ4n) is 1.87. The molecule has 19 heavy (non-hydrogen) atoms. The summed E-state index contributed by atoms with van der Waals surface area (Å²) in [5.74, 6) is -0.828. The quantitative estimate of drug-likeness (QED) is 0.872. The van der Waals surface area contributed by atoms with Gasteiger partial charge in [-0.25, -0.2) is 4.79 Å². The van der Waals surface area contributed by atoms with Crippen molar-refractivity contribution >= 4 is 17.7 Å². The van der Waals surface area contributed by atoms with Crippen LogP contribution in [0.25, 0.3) is 0 Å². The van der Waals surface area contributed by atoms with Gasteiger partial charge >= 0.3 is 12.0 Å². The van der Waals surface area contributed by atoms with Crippen LogP contribution in [0, 0.1) is 12.3 Å². The monoisotopic (exact) mass is 262 g/mol. The maximum atomic E-state index is 11.9. The van der Waals surface area contributed by atoms with Gasteiger partial charge in [0, 0.05) is 19.3 Å². The van der Waals surface area contributed by atoms with Gasteiger partial charge in [-0.3, -0.25) is 9.69 Å². The van der Waals surface area contributed by atoms with Crippen molar-refractivity contribution < 1.29 is 14.7 Å². The Morgan fingerprint density at radius 3 is 2.37 bits per heavy atom. The van der Waals surface area contributed by atoms with E-state index in [1.54, 1.807) is 7.05 Å². The molecule has 0 heterocycles. The molecule has 1 saturated carbocycles. The van der Waals surface area contributed by atoms with E-state index in [0.717, 1.165) is 11.3 Å². The number of carbonyl (C=O) groups excluding carboxylic acids is 1. The maximum absolute atomic E-state index is 11.9. The fraction of sp³-hybridized carbons (Fsp3) is 0.429. The number of amides is 2. The molecule has 0 unspecified atom stereocenters. The molecule has 5 nitrogen and oxygen atoms in total. The molecule has 0 aromatic heterocycles. The van der Waals surface area contributed by atoms with Crippen LogP contribution in [-0.4, -0.2) is 30.7 Å². The fourth-order valence-corrected chi connectivity index (χ4v) is 1.87. The Bertz CT molecular complexity index is 492. The average molecular weight is 262 g/mol. The van der Waals surface area contributed by atoms with Crippen LogP contribution in [0.15, 0.2) is 24.3 Å². The van der Waals surface area contributed by atoms with Gasteiger partial charge in [0.25, 0.3) is 0 Å². The van der Waals surface area contributed by atoms with Gasteiger partial charge in [0.1, 0.15) is 0 Å². The summed E-state index contributed by atoms with van der Waals surface area (Å²) in [6, 6.07) is 7.30. The van der Waals surface area contributed by atoms with Crippen molar-refractivity contribution in [3.8, 4) is 0 Å². The number of carboxylic acids is 1. The van der Waals surface area contributed by atoms with E-state index in [4.69, 9.17) is 5.11 Å². The lowest BCUT2D eigenvalue weighted by atomic mass is 10.1. The molecule has 1 aromatic rings. The highest BCUT2D eigenvalue weighted by molar-refractivity contribution is 5.92. The van der Waals surface area contributed by atoms with Crippen molar-refractivity contribution in [1.29, 1.82) is 0 Å². The van der Waals surface area contributed by atoms with Gasteiger partial charge in [-0.1, -0.05) is 17.7 Å². The number of nitrogens with one attached hydrogen (secondary N) is 1. The van der Waals surface area contributed by atoms with Gasteiger partial charge in [0.05, 0.1) is 5.41 Å². The van der Waals surface area contributed by atoms with Crippen LogP contribution in [0.1, 0.15) is 18.4 Å². The number of anilines is 1. The van der Waals surface area contributed by atoms with Gasteiger partial charge in [0.2, 0.25) is 0 Å². The number of urea groups is 1. The highest BCUT2D eigenvalue weighted by Gasteiger charge is 2.50. The first kappa shape index (κ1) is 13.4. The molecule has 2 N–H and O–H groups in total. The molecular formula is C14H18N2O3. The molecule has 0 atom stereocenters. The third-order valence-corrected chi connectivity index (χ3v) is 3.61. The number of aryl methyl sites for hydroxylation is 1. The Hall–Kier alpha value is -2.04. The van der Waals surface area contributed by atoms with Gasteiger partial charge in [-0.2, -0.15) is 0 Å². The summed E-state index contributed by atoms with van der Waals surface area (Å²) in [5, 5.41) is 11.7. The van der Waals surface area contributed by atoms with Gasteiger partial charge in [-0.15, -0.1) is 0 Å². The molecule has 2 amide bonds. The topological polar surface area (TPSA) is 69.6 Å². The summed E-state index contributed by atoms with van der Waals surface area (Å²) in [7, 11) is 1.67. The second-order valence-corrected chi connectivity index (χ2v) is 5.14. The highest BCUT2D eigenvalue weighted by atomic mass is 16.4. The Balaban J connectivity index is 1.93. The SMILES string of the molecule is Cc1ccc(N(C)C(=O)NCC2(C(=O)O)CC2)cc1. The lowest BCUT2D eigenvalue weighted by molar-refractivity contribution is -0.143. The lowest BCUT2D eigenvalue weighted by Crippen LogP contribution is -2.41. The molecule has 0 saturated heterocycles. The van der Waals surface area contributed by atoms with Crippen molar-refractivity contribution in [2.45, 2.75) is 19.8 Å². The number of aliphatic carboxylic acids is 1. The molecular weight excluding hydrogens is 244 g/mol. The zero-order valence-corrected chi connectivity index (χ0v) is 11.1. The van der Waals surface area contributed by atoms with E-state index in [1.807, 2.05) is 31.2 Å². The van der Waals surface area contributed by atoms with Gasteiger partial charge in [-0.05, 0) is 31.9 Å². The number of carbonyl (C=O) groups is 2. The van der Waals surface area contributed by atoms with Crippen LogP contribution in [-0.2, 0) is 4.79 Å². The molecule has 0 radical (unpaired) electrons. The molecule has 0 aliphatic heterocycles. The number of hydrogen-bond donors (Lipinski definition) is 2. The standard InChI is InChI=1S/C14H18N2O3/c1-10-3-5-11(6-4-10)16(2)13(19)15-9-14(7-8-14)12(17)18/h3-6H,7-9H2,1-2H3,(H,15,19)(H,17,18). The zero-order valence-electron chi connectivity index (χ0n) is 11.1. The van der Waals surface area contributed by atoms with Crippen molar-refractivity contribution in [2.24, 2.45) is 5.41 Å². The average Bonchev–Trinajstić information content (AvgIpc) is 3.17. The second kappa shape index (κ2) is 4.91. The Morgan fingerprint density at radius 2 is 1.89 bits per heavy atom. The van der Waals surface area contributed by atoms with Gasteiger partial charge < -0.3 is 10.4 Å². The first-order valence-electron chi connectivity index (χ1n) is 6.26. The van der Waals surface area contributed by atoms with Crippen LogP contribution in [0.2, 0.25) is 0 Å². The highest BCUT2D eigenvalue weighted by Crippen LogP contribution is 2.45. The van der Waals surface area contributed by atoms with E-state index in [1.165, 1.54) is 4.90 Å². The summed E-state index contributed by atoms with van der Waals surface area (Å²) in [5.41, 5.74) is 1.17. The largest absolute Gasteiger partial charge is 0.481 e. The third kappa shape index (κ3) is 2.86. The number of benzene rings is 1. The minimum absolute atomic E-state index is 0.192. The summed E-state index contributed by atoms with van der Waals surface area (Å²) >= 11 is 0. The van der Waals surface area contributed by atoms with Crippen molar-refractivity contribution in [3.05, 3.63) is 29.8 Å². The van der Waals surface area contributed by atoms with Crippen LogP contribution >= 0.6 is 0 Å². The Morgan fingerprint density at radius 1 is 1.32 bits per heavy atom. The van der Waals surface area contributed by atoms with E-state index < -0.39 is 11.4 Å². The minimum atomic E-state index is -0.828. The smallest absolute Gasteiger partial charge is 0.321 e. The number of carboxylic acid groups (broad SMARTS) is 1. The third-order valence-electron chi connectivity index (χ3n) is 3.61. The minimum Gasteiger partial charge on any atom is -0.481 e. The Labute approximate surface area is 112 Å². The first-order chi connectivity index (χ1) is 8.94. The lowest BCUT2D eigenvalue weighted by Gasteiger charge is -2.19. The second-order valence-electron chi connectivity index (χ2n) is 5.14. The van der Waals surface area contributed by atoms with Gasteiger partial charge in [0.15, 0.2) is 0 Å². The predicted molar refractivity (Wildman–Crippen MR) is 72.3 cm³/mol. The number of nitrogens with zero attached hydrogens (tertiary/aromatic N) is 1. The summed E-state index contributed by atoms with van der Waals surface area (Å²) in [4.78, 5) is 24.4. The van der Waals surface area contributed by atoms with E-state index in [9.17, 15) is 9.59 Å². The Kier molecular flexibility index (Phi) is 3.46. The van der Waals surface area contributed by atoms with Crippen molar-refractivity contribution in [1.82, 2.24) is 5.32 Å². The molecule has 1 fully saturated rings. The van der Waals surface area contributed by atoms with Crippen molar-refractivity contribution in [2.75, 3.05) is 18.5 Å². The molecule has 5 heteroatoms. The van der Waals surface area contributed by atoms with Crippen molar-refractivity contribution in [3.63, 3.8) is 0 Å². The number of hydrogen-bond acceptors (Lipinski definition) is 2. The van der Waals surface area contributed by atoms with Crippen LogP contribution in [0.4, 0.5) is 10.5 Å². The zero-order chi connectivity index (χ0) is 14.0. The normalized spacial score (nSPS) is 15.7. The van der Waals surface area contributed by atoms with Crippen LogP contribution in [0.3, 0.4) is 0 Å². The molecule has 0 spiro atoms. The predicted octanol–water partition coefficient (Wildman–Crippen LogP) is 2.01. The molecule has 1 aromatic carbocycles. The summed E-state index contributed by atoms with van der Waals surface area (Å²) < 4.78 is 0. The molecule has 0 bridgehead atoms. The summed E-state index contributed by atoms with van der Waals surface area (Å²) in [6.45, 7) is 2.17. The van der Waals surface area contributed by atoms with E-state index in [2.05, 4.69) is 5.32 Å². The van der Waals surface area contributed by atoms with E-state index >= 15 is 0 Å². The summed E-state index contributed by atoms with van der Waals surface area (Å²) in [6.07, 6.45) is 1.27. The number of rotatable bonds is 4. The van der Waals surface area contributed by atoms with E-state index in [0.29, 0.717) is 12.8 Å². The van der Waals surface area contributed by atoms with Crippen LogP contribution in [0.5, 0.6) is 0 Å². The first-order valence-corrected chi connectivity index (χ1v) is 6.26. The molecule has 2 rings (SSSR count).